The van der Waals surface area contributed by atoms with Crippen molar-refractivity contribution in [3.8, 4) is 6.07 Å². The Morgan fingerprint density at radius 2 is 2.14 bits per heavy atom. The summed E-state index contributed by atoms with van der Waals surface area (Å²) in [6.45, 7) is 1.47. The van der Waals surface area contributed by atoms with E-state index in [0.29, 0.717) is 0 Å². The molecule has 6 heteroatoms. The fourth-order valence-electron chi connectivity index (χ4n) is 0.765. The first-order chi connectivity index (χ1) is 6.60. The van der Waals surface area contributed by atoms with Crippen LogP contribution in [0.4, 0.5) is 0 Å². The molecule has 0 aliphatic carbocycles. The Bertz CT molecular complexity index is 246. The number of nitrogens with zero attached hydrogens (tertiary/aromatic N) is 1. The van der Waals surface area contributed by atoms with Gasteiger partial charge in [-0.15, -0.1) is 0 Å². The molecule has 0 aromatic heterocycles. The highest BCUT2D eigenvalue weighted by Gasteiger charge is 2.07. The maximum absolute atomic E-state index is 11.1. The number of nitrogens with one attached hydrogen (secondary N) is 2. The molecule has 0 aliphatic rings. The lowest BCUT2D eigenvalue weighted by molar-refractivity contribution is -0.125. The molecule has 14 heavy (non-hydrogen) atoms. The number of nitrogens with two attached hydrogens (primary N) is 1. The van der Waals surface area contributed by atoms with Crippen molar-refractivity contribution in [1.82, 2.24) is 10.6 Å². The maximum atomic E-state index is 11.1. The third-order valence-corrected chi connectivity index (χ3v) is 1.44. The topological polar surface area (TPSA) is 108 Å². The second kappa shape index (κ2) is 6.86. The van der Waals surface area contributed by atoms with Gasteiger partial charge in [0, 0.05) is 6.04 Å². The fraction of sp³-hybridized carbons (Fsp3) is 0.625. The summed E-state index contributed by atoms with van der Waals surface area (Å²) >= 11 is 0. The average Bonchev–Trinajstić information content (AvgIpc) is 2.14. The summed E-state index contributed by atoms with van der Waals surface area (Å²) in [4.78, 5) is 21.7. The molecule has 0 aromatic rings. The first-order valence-corrected chi connectivity index (χ1v) is 4.23. The van der Waals surface area contributed by atoms with Crippen molar-refractivity contribution in [1.29, 1.82) is 5.26 Å². The number of hydrogen-bond acceptors (Lipinski definition) is 4. The molecule has 6 nitrogen and oxygen atoms in total. The predicted molar refractivity (Wildman–Crippen MR) is 49.9 cm³/mol. The molecule has 0 heterocycles. The highest BCUT2D eigenvalue weighted by Crippen LogP contribution is 1.86. The first kappa shape index (κ1) is 12.4. The molecule has 0 aliphatic heterocycles. The highest BCUT2D eigenvalue weighted by atomic mass is 16.2. The lowest BCUT2D eigenvalue weighted by Gasteiger charge is -2.10. The van der Waals surface area contributed by atoms with Gasteiger partial charge in [-0.2, -0.15) is 5.26 Å². The molecule has 0 aromatic carbocycles. The Balaban J connectivity index is 3.66. The predicted octanol–water partition coefficient (Wildman–Crippen LogP) is -1.52. The molecule has 1 atom stereocenters. The standard InChI is InChI=1S/C8H14N4O2/c1-6(2-3-9)12-8(14)5-11-7(13)4-10/h6H,2,4-5,10H2,1H3,(H,11,13)(H,12,14). The summed E-state index contributed by atoms with van der Waals surface area (Å²) in [6, 6.07) is 1.72. The summed E-state index contributed by atoms with van der Waals surface area (Å²) in [5, 5.41) is 13.2. The van der Waals surface area contributed by atoms with Crippen molar-refractivity contribution in [2.24, 2.45) is 5.73 Å². The summed E-state index contributed by atoms with van der Waals surface area (Å²) in [7, 11) is 0. The summed E-state index contributed by atoms with van der Waals surface area (Å²) < 4.78 is 0. The van der Waals surface area contributed by atoms with Crippen LogP contribution in [0.2, 0.25) is 0 Å². The minimum absolute atomic E-state index is 0.105. The first-order valence-electron chi connectivity index (χ1n) is 4.23. The maximum Gasteiger partial charge on any atom is 0.239 e. The summed E-state index contributed by atoms with van der Waals surface area (Å²) in [5.74, 6) is -0.706. The van der Waals surface area contributed by atoms with Crippen molar-refractivity contribution in [2.75, 3.05) is 13.1 Å². The van der Waals surface area contributed by atoms with Crippen LogP contribution in [0.5, 0.6) is 0 Å². The quantitative estimate of drug-likeness (QED) is 0.498. The largest absolute Gasteiger partial charge is 0.351 e. The second-order valence-electron chi connectivity index (χ2n) is 2.81. The number of carbonyl (C=O) groups excluding carboxylic acids is 2. The van der Waals surface area contributed by atoms with E-state index < -0.39 is 0 Å². The Hall–Kier alpha value is -1.61. The Morgan fingerprint density at radius 3 is 2.64 bits per heavy atom. The van der Waals surface area contributed by atoms with Crippen molar-refractivity contribution in [3.05, 3.63) is 0 Å². The van der Waals surface area contributed by atoms with E-state index in [-0.39, 0.29) is 37.4 Å². The van der Waals surface area contributed by atoms with Crippen LogP contribution >= 0.6 is 0 Å². The Kier molecular flexibility index (Phi) is 6.07. The van der Waals surface area contributed by atoms with Crippen LogP contribution < -0.4 is 16.4 Å². The smallest absolute Gasteiger partial charge is 0.239 e. The van der Waals surface area contributed by atoms with E-state index in [9.17, 15) is 9.59 Å². The van der Waals surface area contributed by atoms with Crippen LogP contribution in [0, 0.1) is 11.3 Å². The van der Waals surface area contributed by atoms with Crippen LogP contribution in [-0.2, 0) is 9.59 Å². The van der Waals surface area contributed by atoms with Gasteiger partial charge in [0.25, 0.3) is 0 Å². The molecule has 0 saturated heterocycles. The van der Waals surface area contributed by atoms with E-state index in [1.54, 1.807) is 6.92 Å². The molecule has 1 unspecified atom stereocenters. The monoisotopic (exact) mass is 198 g/mol. The number of carbonyl (C=O) groups is 2. The highest BCUT2D eigenvalue weighted by molar-refractivity contribution is 5.85. The molecule has 2 amide bonds. The lowest BCUT2D eigenvalue weighted by atomic mass is 10.2. The molecular weight excluding hydrogens is 184 g/mol. The van der Waals surface area contributed by atoms with Crippen LogP contribution in [0.15, 0.2) is 0 Å². The molecule has 78 valence electrons. The fourth-order valence-corrected chi connectivity index (χ4v) is 0.765. The minimum Gasteiger partial charge on any atom is -0.351 e. The van der Waals surface area contributed by atoms with Crippen molar-refractivity contribution < 1.29 is 9.59 Å². The van der Waals surface area contributed by atoms with E-state index in [1.165, 1.54) is 0 Å². The number of rotatable bonds is 5. The van der Waals surface area contributed by atoms with E-state index in [1.807, 2.05) is 6.07 Å². The van der Waals surface area contributed by atoms with E-state index in [2.05, 4.69) is 10.6 Å². The summed E-state index contributed by atoms with van der Waals surface area (Å²) in [5.41, 5.74) is 5.02. The van der Waals surface area contributed by atoms with Gasteiger partial charge in [-0.05, 0) is 6.92 Å². The molecule has 0 spiro atoms. The van der Waals surface area contributed by atoms with E-state index in [0.717, 1.165) is 0 Å². The van der Waals surface area contributed by atoms with Gasteiger partial charge in [-0.1, -0.05) is 0 Å². The van der Waals surface area contributed by atoms with Crippen LogP contribution in [0.25, 0.3) is 0 Å². The van der Waals surface area contributed by atoms with Gasteiger partial charge in [0.2, 0.25) is 11.8 Å². The van der Waals surface area contributed by atoms with Crippen LogP contribution in [0.1, 0.15) is 13.3 Å². The molecular formula is C8H14N4O2. The number of nitriles is 1. The molecule has 4 N–H and O–H groups in total. The molecule has 0 saturated carbocycles. The van der Waals surface area contributed by atoms with Gasteiger partial charge in [0.05, 0.1) is 25.6 Å². The third-order valence-electron chi connectivity index (χ3n) is 1.44. The van der Waals surface area contributed by atoms with Crippen molar-refractivity contribution in [2.45, 2.75) is 19.4 Å². The van der Waals surface area contributed by atoms with Crippen molar-refractivity contribution >= 4 is 11.8 Å². The van der Waals surface area contributed by atoms with E-state index >= 15 is 0 Å². The molecule has 0 rings (SSSR count). The van der Waals surface area contributed by atoms with Gasteiger partial charge in [-0.3, -0.25) is 9.59 Å². The summed E-state index contributed by atoms with van der Waals surface area (Å²) in [6.07, 6.45) is 0.247. The van der Waals surface area contributed by atoms with Gasteiger partial charge in [0.1, 0.15) is 0 Å². The van der Waals surface area contributed by atoms with Crippen LogP contribution in [0.3, 0.4) is 0 Å². The molecule has 0 fully saturated rings. The van der Waals surface area contributed by atoms with Crippen molar-refractivity contribution in [3.63, 3.8) is 0 Å². The zero-order valence-corrected chi connectivity index (χ0v) is 8.04. The van der Waals surface area contributed by atoms with Crippen LogP contribution in [-0.4, -0.2) is 30.9 Å². The lowest BCUT2D eigenvalue weighted by Crippen LogP contribution is -2.42. The van der Waals surface area contributed by atoms with Gasteiger partial charge in [-0.25, -0.2) is 0 Å². The average molecular weight is 198 g/mol. The Morgan fingerprint density at radius 1 is 1.50 bits per heavy atom. The van der Waals surface area contributed by atoms with Gasteiger partial charge in [0.15, 0.2) is 0 Å². The zero-order chi connectivity index (χ0) is 11.0. The van der Waals surface area contributed by atoms with Gasteiger partial charge < -0.3 is 16.4 Å². The number of hydrogen-bond donors (Lipinski definition) is 3. The minimum atomic E-state index is -0.381. The molecule has 0 bridgehead atoms. The molecule has 0 radical (unpaired) electrons. The van der Waals surface area contributed by atoms with Gasteiger partial charge >= 0.3 is 0 Å². The number of amides is 2. The Labute approximate surface area is 82.4 Å². The van der Waals surface area contributed by atoms with E-state index in [4.69, 9.17) is 11.0 Å². The zero-order valence-electron chi connectivity index (χ0n) is 8.04. The third kappa shape index (κ3) is 5.97. The normalized spacial score (nSPS) is 11.2. The SMILES string of the molecule is CC(CC#N)NC(=O)CNC(=O)CN. The second-order valence-corrected chi connectivity index (χ2v) is 2.81.